The number of H-pyrrole nitrogens is 2. The SMILES string of the molecule is CC(=O)c1c(C)[nH]c(C(=O)CSc2n[nH]c(COc3ccc(Cl)cc3)n2)c1C. The first-order valence-corrected chi connectivity index (χ1v) is 9.87. The van der Waals surface area contributed by atoms with Crippen LogP contribution in [0.4, 0.5) is 0 Å². The second-order valence-corrected chi connectivity index (χ2v) is 7.58. The van der Waals surface area contributed by atoms with Crippen molar-refractivity contribution < 1.29 is 14.3 Å². The maximum absolute atomic E-state index is 12.5. The first-order chi connectivity index (χ1) is 13.3. The summed E-state index contributed by atoms with van der Waals surface area (Å²) in [5.41, 5.74) is 2.42. The van der Waals surface area contributed by atoms with E-state index in [0.29, 0.717) is 44.3 Å². The van der Waals surface area contributed by atoms with Crippen LogP contribution in [0, 0.1) is 13.8 Å². The average Bonchev–Trinajstić information content (AvgIpc) is 3.23. The molecule has 2 heterocycles. The summed E-state index contributed by atoms with van der Waals surface area (Å²) in [7, 11) is 0. The van der Waals surface area contributed by atoms with Crippen molar-refractivity contribution in [2.45, 2.75) is 32.5 Å². The quantitative estimate of drug-likeness (QED) is 0.420. The molecular formula is C19H19ClN4O3S. The summed E-state index contributed by atoms with van der Waals surface area (Å²) in [6, 6.07) is 7.02. The number of nitrogens with one attached hydrogen (secondary N) is 2. The molecule has 0 saturated carbocycles. The van der Waals surface area contributed by atoms with E-state index in [-0.39, 0.29) is 23.9 Å². The molecule has 3 rings (SSSR count). The van der Waals surface area contributed by atoms with Crippen molar-refractivity contribution in [3.63, 3.8) is 0 Å². The second kappa shape index (κ2) is 8.62. The molecule has 0 unspecified atom stereocenters. The average molecular weight is 419 g/mol. The Balaban J connectivity index is 1.57. The number of ether oxygens (including phenoxy) is 1. The Morgan fingerprint density at radius 1 is 1.21 bits per heavy atom. The Morgan fingerprint density at radius 2 is 1.93 bits per heavy atom. The largest absolute Gasteiger partial charge is 0.486 e. The number of aromatic nitrogens is 4. The standard InChI is InChI=1S/C19H19ClN4O3S/c1-10-17(12(3)25)11(2)21-18(10)15(26)9-28-19-22-16(23-24-19)8-27-14-6-4-13(20)5-7-14/h4-7,21H,8-9H2,1-3H3,(H,22,23,24). The Bertz CT molecular complexity index is 1010. The molecule has 7 nitrogen and oxygen atoms in total. The molecule has 28 heavy (non-hydrogen) atoms. The highest BCUT2D eigenvalue weighted by Crippen LogP contribution is 2.22. The Morgan fingerprint density at radius 3 is 2.57 bits per heavy atom. The predicted molar refractivity (Wildman–Crippen MR) is 107 cm³/mol. The third-order valence-electron chi connectivity index (χ3n) is 4.10. The van der Waals surface area contributed by atoms with E-state index in [1.165, 1.54) is 18.7 Å². The highest BCUT2D eigenvalue weighted by atomic mass is 35.5. The summed E-state index contributed by atoms with van der Waals surface area (Å²) >= 11 is 7.06. The molecule has 0 aliphatic heterocycles. The third kappa shape index (κ3) is 4.63. The fraction of sp³-hybridized carbons (Fsp3) is 0.263. The van der Waals surface area contributed by atoms with Crippen molar-refractivity contribution in [1.29, 1.82) is 0 Å². The van der Waals surface area contributed by atoms with Crippen LogP contribution in [0.25, 0.3) is 0 Å². The Hall–Kier alpha value is -2.58. The lowest BCUT2D eigenvalue weighted by atomic mass is 10.1. The minimum absolute atomic E-state index is 0.0581. The molecule has 0 bridgehead atoms. The van der Waals surface area contributed by atoms with E-state index in [1.54, 1.807) is 38.1 Å². The number of aromatic amines is 2. The third-order valence-corrected chi connectivity index (χ3v) is 5.20. The highest BCUT2D eigenvalue weighted by molar-refractivity contribution is 7.99. The zero-order valence-electron chi connectivity index (χ0n) is 15.6. The number of benzene rings is 1. The molecule has 2 N–H and O–H groups in total. The number of hydrogen-bond acceptors (Lipinski definition) is 6. The first kappa shape index (κ1) is 20.2. The molecule has 0 spiro atoms. The van der Waals surface area contributed by atoms with Crippen molar-refractivity contribution >= 4 is 34.9 Å². The fourth-order valence-electron chi connectivity index (χ4n) is 2.85. The summed E-state index contributed by atoms with van der Waals surface area (Å²) in [6.45, 7) is 5.28. The molecule has 0 radical (unpaired) electrons. The molecule has 1 aromatic carbocycles. The number of rotatable bonds is 8. The van der Waals surface area contributed by atoms with Gasteiger partial charge in [0, 0.05) is 16.3 Å². The van der Waals surface area contributed by atoms with Gasteiger partial charge in [-0.3, -0.25) is 14.7 Å². The van der Waals surface area contributed by atoms with Crippen LogP contribution in [-0.2, 0) is 6.61 Å². The Kier molecular flexibility index (Phi) is 6.21. The summed E-state index contributed by atoms with van der Waals surface area (Å²) in [6.07, 6.45) is 0. The molecule has 0 atom stereocenters. The van der Waals surface area contributed by atoms with Gasteiger partial charge in [0.25, 0.3) is 0 Å². The zero-order chi connectivity index (χ0) is 20.3. The number of hydrogen-bond donors (Lipinski definition) is 2. The first-order valence-electron chi connectivity index (χ1n) is 8.51. The number of Topliss-reactive ketones (excluding diaryl/α,β-unsaturated/α-hetero) is 2. The lowest BCUT2D eigenvalue weighted by Crippen LogP contribution is -2.05. The molecule has 146 valence electrons. The van der Waals surface area contributed by atoms with Gasteiger partial charge in [-0.05, 0) is 50.6 Å². The maximum atomic E-state index is 12.5. The van der Waals surface area contributed by atoms with Crippen LogP contribution in [-0.4, -0.2) is 37.5 Å². The number of carbonyl (C=O) groups excluding carboxylic acids is 2. The highest BCUT2D eigenvalue weighted by Gasteiger charge is 2.20. The van der Waals surface area contributed by atoms with Crippen LogP contribution in [0.5, 0.6) is 5.75 Å². The number of halogens is 1. The topological polar surface area (TPSA) is 101 Å². The van der Waals surface area contributed by atoms with Crippen molar-refractivity contribution in [3.8, 4) is 5.75 Å². The fourth-order valence-corrected chi connectivity index (χ4v) is 3.66. The summed E-state index contributed by atoms with van der Waals surface area (Å²) in [4.78, 5) is 31.5. The van der Waals surface area contributed by atoms with Crippen LogP contribution >= 0.6 is 23.4 Å². The summed E-state index contributed by atoms with van der Waals surface area (Å²) in [5.74, 6) is 1.21. The lowest BCUT2D eigenvalue weighted by Gasteiger charge is -2.03. The number of thioether (sulfide) groups is 1. The van der Waals surface area contributed by atoms with Crippen molar-refractivity contribution in [1.82, 2.24) is 20.2 Å². The molecule has 0 aliphatic rings. The molecule has 0 saturated heterocycles. The van der Waals surface area contributed by atoms with E-state index in [2.05, 4.69) is 20.2 Å². The van der Waals surface area contributed by atoms with Crippen molar-refractivity contribution in [3.05, 3.63) is 57.6 Å². The maximum Gasteiger partial charge on any atom is 0.208 e. The normalized spacial score (nSPS) is 10.9. The predicted octanol–water partition coefficient (Wildman–Crippen LogP) is 4.16. The number of nitrogens with zero attached hydrogens (tertiary/aromatic N) is 2. The molecular weight excluding hydrogens is 400 g/mol. The summed E-state index contributed by atoms with van der Waals surface area (Å²) < 4.78 is 5.60. The van der Waals surface area contributed by atoms with E-state index in [1.807, 2.05) is 0 Å². The van der Waals surface area contributed by atoms with E-state index >= 15 is 0 Å². The lowest BCUT2D eigenvalue weighted by molar-refractivity contribution is 0.101. The van der Waals surface area contributed by atoms with Gasteiger partial charge in [0.1, 0.15) is 12.4 Å². The minimum Gasteiger partial charge on any atom is -0.486 e. The van der Waals surface area contributed by atoms with Crippen LogP contribution in [0.3, 0.4) is 0 Å². The van der Waals surface area contributed by atoms with E-state index in [9.17, 15) is 9.59 Å². The molecule has 0 fully saturated rings. The van der Waals surface area contributed by atoms with Gasteiger partial charge in [-0.15, -0.1) is 5.10 Å². The second-order valence-electron chi connectivity index (χ2n) is 6.20. The smallest absolute Gasteiger partial charge is 0.208 e. The molecule has 3 aromatic rings. The number of aryl methyl sites for hydroxylation is 1. The number of carbonyl (C=O) groups is 2. The van der Waals surface area contributed by atoms with E-state index in [0.717, 1.165) is 0 Å². The van der Waals surface area contributed by atoms with Crippen molar-refractivity contribution in [2.24, 2.45) is 0 Å². The Labute approximate surface area is 171 Å². The van der Waals surface area contributed by atoms with Gasteiger partial charge in [0.05, 0.1) is 11.4 Å². The molecule has 0 aliphatic carbocycles. The van der Waals surface area contributed by atoms with Crippen LogP contribution in [0.2, 0.25) is 5.02 Å². The van der Waals surface area contributed by atoms with Crippen LogP contribution in [0.1, 0.15) is 44.9 Å². The molecule has 0 amide bonds. The minimum atomic E-state index is -0.109. The number of ketones is 2. The van der Waals surface area contributed by atoms with Gasteiger partial charge in [-0.2, -0.15) is 0 Å². The summed E-state index contributed by atoms with van der Waals surface area (Å²) in [5, 5.41) is 7.98. The van der Waals surface area contributed by atoms with Crippen LogP contribution in [0.15, 0.2) is 29.4 Å². The van der Waals surface area contributed by atoms with Crippen LogP contribution < -0.4 is 4.74 Å². The van der Waals surface area contributed by atoms with Gasteiger partial charge >= 0.3 is 0 Å². The monoisotopic (exact) mass is 418 g/mol. The van der Waals surface area contributed by atoms with Gasteiger partial charge < -0.3 is 9.72 Å². The molecule has 9 heteroatoms. The van der Waals surface area contributed by atoms with Gasteiger partial charge in [-0.1, -0.05) is 23.4 Å². The van der Waals surface area contributed by atoms with Crippen molar-refractivity contribution in [2.75, 3.05) is 5.75 Å². The van der Waals surface area contributed by atoms with E-state index in [4.69, 9.17) is 16.3 Å². The van der Waals surface area contributed by atoms with Gasteiger partial charge in [-0.25, -0.2) is 4.98 Å². The zero-order valence-corrected chi connectivity index (χ0v) is 17.2. The van der Waals surface area contributed by atoms with E-state index < -0.39 is 0 Å². The van der Waals surface area contributed by atoms with Gasteiger partial charge in [0.2, 0.25) is 5.16 Å². The molecule has 2 aromatic heterocycles. The van der Waals surface area contributed by atoms with Gasteiger partial charge in [0.15, 0.2) is 17.4 Å².